The molecule has 0 unspecified atom stereocenters. The Morgan fingerprint density at radius 3 is 2.68 bits per heavy atom. The quantitative estimate of drug-likeness (QED) is 0.239. The van der Waals surface area contributed by atoms with Gasteiger partial charge in [-0.3, -0.25) is 10.2 Å². The molecule has 150 valence electrons. The molecule has 4 aromatic rings. The molecule has 0 amide bonds. The molecular formula is C23H16N6OS. The molecule has 0 spiro atoms. The molecular weight excluding hydrogens is 408 g/mol. The number of H-pyrrole nitrogens is 1. The van der Waals surface area contributed by atoms with Crippen molar-refractivity contribution in [1.82, 2.24) is 9.97 Å². The summed E-state index contributed by atoms with van der Waals surface area (Å²) < 4.78 is 0. The van der Waals surface area contributed by atoms with Crippen molar-refractivity contribution in [3.05, 3.63) is 88.4 Å². The zero-order chi connectivity index (χ0) is 21.8. The number of Topliss-reactive ketones (excluding diaryl/α,β-unsaturated/α-hetero) is 1. The lowest BCUT2D eigenvalue weighted by Crippen LogP contribution is -2.18. The molecule has 0 atom stereocenters. The van der Waals surface area contributed by atoms with E-state index in [1.807, 2.05) is 24.3 Å². The maximum absolute atomic E-state index is 12.6. The highest BCUT2D eigenvalue weighted by molar-refractivity contribution is 7.13. The molecule has 0 saturated heterocycles. The van der Waals surface area contributed by atoms with E-state index >= 15 is 0 Å². The number of aromatic amines is 1. The number of thiophene rings is 1. The van der Waals surface area contributed by atoms with Gasteiger partial charge in [0.2, 0.25) is 5.78 Å². The van der Waals surface area contributed by atoms with Crippen molar-refractivity contribution in [1.29, 1.82) is 10.7 Å². The Hall–Kier alpha value is -4.35. The van der Waals surface area contributed by atoms with E-state index in [0.29, 0.717) is 33.0 Å². The summed E-state index contributed by atoms with van der Waals surface area (Å²) >= 11 is 1.26. The van der Waals surface area contributed by atoms with Gasteiger partial charge in [0.15, 0.2) is 0 Å². The minimum atomic E-state index is -0.422. The van der Waals surface area contributed by atoms with E-state index < -0.39 is 5.78 Å². The van der Waals surface area contributed by atoms with Gasteiger partial charge in [-0.25, -0.2) is 9.98 Å². The minimum Gasteiger partial charge on any atom is -0.383 e. The molecule has 0 saturated carbocycles. The van der Waals surface area contributed by atoms with Gasteiger partial charge in [0, 0.05) is 0 Å². The van der Waals surface area contributed by atoms with Crippen molar-refractivity contribution in [2.24, 2.45) is 10.7 Å². The number of nitriles is 1. The average Bonchev–Trinajstić information content (AvgIpc) is 3.47. The Balaban J connectivity index is 1.82. The highest BCUT2D eigenvalue weighted by Gasteiger charge is 2.18. The summed E-state index contributed by atoms with van der Waals surface area (Å²) in [6, 6.07) is 19.7. The molecule has 0 aliphatic rings. The van der Waals surface area contributed by atoms with Crippen LogP contribution in [-0.4, -0.2) is 27.3 Å². The fourth-order valence-electron chi connectivity index (χ4n) is 2.95. The number of benzene rings is 2. The first-order valence-electron chi connectivity index (χ1n) is 9.24. The summed E-state index contributed by atoms with van der Waals surface area (Å²) in [5, 5.41) is 19.4. The third-order valence-corrected chi connectivity index (χ3v) is 5.33. The molecule has 2 aromatic heterocycles. The van der Waals surface area contributed by atoms with Crippen LogP contribution < -0.4 is 5.73 Å². The molecule has 8 heteroatoms. The molecule has 0 fully saturated rings. The number of para-hydroxylation sites is 3. The Kier molecular flexibility index (Phi) is 5.51. The summed E-state index contributed by atoms with van der Waals surface area (Å²) in [6.07, 6.45) is 1.35. The number of hydrogen-bond acceptors (Lipinski definition) is 6. The second-order valence-corrected chi connectivity index (χ2v) is 7.45. The third kappa shape index (κ3) is 4.17. The van der Waals surface area contributed by atoms with Crippen molar-refractivity contribution in [3.8, 4) is 6.07 Å². The highest BCUT2D eigenvalue weighted by Crippen LogP contribution is 2.22. The van der Waals surface area contributed by atoms with Gasteiger partial charge in [0.1, 0.15) is 23.4 Å². The second kappa shape index (κ2) is 8.57. The monoisotopic (exact) mass is 424 g/mol. The van der Waals surface area contributed by atoms with Crippen molar-refractivity contribution >= 4 is 51.0 Å². The first-order chi connectivity index (χ1) is 15.1. The normalized spacial score (nSPS) is 12.0. The van der Waals surface area contributed by atoms with E-state index in [1.165, 1.54) is 17.4 Å². The number of carbonyl (C=O) groups is 1. The predicted octanol–water partition coefficient (Wildman–Crippen LogP) is 4.47. The third-order valence-electron chi connectivity index (χ3n) is 4.46. The van der Waals surface area contributed by atoms with Crippen LogP contribution in [0.5, 0.6) is 0 Å². The number of amidine groups is 1. The van der Waals surface area contributed by atoms with Gasteiger partial charge >= 0.3 is 0 Å². The van der Waals surface area contributed by atoms with Gasteiger partial charge in [-0.05, 0) is 41.8 Å². The SMILES string of the molecule is N#Cc1ccccc1N=C(N)/C(=C\C(=N)C(=O)c1cccs1)c1nc2ccccc2[nH]1. The fraction of sp³-hybridized carbons (Fsp3) is 0. The fourth-order valence-corrected chi connectivity index (χ4v) is 3.63. The molecule has 0 bridgehead atoms. The van der Waals surface area contributed by atoms with Crippen molar-refractivity contribution in [2.75, 3.05) is 0 Å². The number of fused-ring (bicyclic) bond motifs is 1. The van der Waals surface area contributed by atoms with E-state index in [0.717, 1.165) is 5.52 Å². The number of aromatic nitrogens is 2. The molecule has 2 heterocycles. The van der Waals surface area contributed by atoms with Crippen LogP contribution >= 0.6 is 11.3 Å². The number of nitrogens with zero attached hydrogens (tertiary/aromatic N) is 3. The van der Waals surface area contributed by atoms with Crippen LogP contribution in [0.15, 0.2) is 77.1 Å². The lowest BCUT2D eigenvalue weighted by molar-refractivity contribution is 0.106. The largest absolute Gasteiger partial charge is 0.383 e. The Morgan fingerprint density at radius 2 is 1.94 bits per heavy atom. The molecule has 0 radical (unpaired) electrons. The molecule has 4 rings (SSSR count). The lowest BCUT2D eigenvalue weighted by Gasteiger charge is -2.06. The van der Waals surface area contributed by atoms with E-state index in [2.05, 4.69) is 21.0 Å². The van der Waals surface area contributed by atoms with E-state index in [4.69, 9.17) is 11.1 Å². The maximum Gasteiger partial charge on any atom is 0.220 e. The summed E-state index contributed by atoms with van der Waals surface area (Å²) in [5.74, 6) is -0.0139. The van der Waals surface area contributed by atoms with Crippen LogP contribution in [-0.2, 0) is 0 Å². The van der Waals surface area contributed by atoms with E-state index in [9.17, 15) is 10.1 Å². The van der Waals surface area contributed by atoms with Gasteiger partial charge in [0.05, 0.1) is 32.7 Å². The molecule has 2 aromatic carbocycles. The van der Waals surface area contributed by atoms with Crippen LogP contribution in [0.1, 0.15) is 21.1 Å². The zero-order valence-corrected chi connectivity index (χ0v) is 17.0. The maximum atomic E-state index is 12.6. The number of rotatable bonds is 6. The molecule has 0 aliphatic heterocycles. The number of nitrogens with two attached hydrogens (primary N) is 1. The summed E-state index contributed by atoms with van der Waals surface area (Å²) in [5.41, 5.74) is 8.59. The van der Waals surface area contributed by atoms with Crippen molar-refractivity contribution < 1.29 is 4.79 Å². The van der Waals surface area contributed by atoms with E-state index in [-0.39, 0.29) is 11.5 Å². The number of ketones is 1. The van der Waals surface area contributed by atoms with Crippen molar-refractivity contribution in [2.45, 2.75) is 0 Å². The smallest absolute Gasteiger partial charge is 0.220 e. The van der Waals surface area contributed by atoms with Crippen LogP contribution in [0, 0.1) is 16.7 Å². The van der Waals surface area contributed by atoms with Crippen LogP contribution in [0.2, 0.25) is 0 Å². The summed E-state index contributed by atoms with van der Waals surface area (Å²) in [4.78, 5) is 25.2. The van der Waals surface area contributed by atoms with Gasteiger partial charge < -0.3 is 10.7 Å². The van der Waals surface area contributed by atoms with Gasteiger partial charge in [-0.1, -0.05) is 30.3 Å². The first-order valence-corrected chi connectivity index (χ1v) is 10.1. The van der Waals surface area contributed by atoms with Crippen LogP contribution in [0.3, 0.4) is 0 Å². The zero-order valence-electron chi connectivity index (χ0n) is 16.2. The summed E-state index contributed by atoms with van der Waals surface area (Å²) in [6.45, 7) is 0. The van der Waals surface area contributed by atoms with Gasteiger partial charge in [-0.15, -0.1) is 11.3 Å². The number of nitrogens with one attached hydrogen (secondary N) is 2. The molecule has 0 aliphatic carbocycles. The average molecular weight is 424 g/mol. The standard InChI is InChI=1S/C23H16N6OS/c24-13-14-6-1-2-7-17(14)27-22(26)15(12-16(25)21(30)20-10-5-11-31-20)23-28-18-8-3-4-9-19(18)29-23/h1-12,25H,(H2,26,27)(H,28,29)/b15-12+,25-16?. The number of imidazole rings is 1. The van der Waals surface area contributed by atoms with Gasteiger partial charge in [-0.2, -0.15) is 5.26 Å². The first kappa shape index (κ1) is 19.9. The minimum absolute atomic E-state index is 0.0329. The molecule has 7 nitrogen and oxygen atoms in total. The summed E-state index contributed by atoms with van der Waals surface area (Å²) in [7, 11) is 0. The number of carbonyl (C=O) groups excluding carboxylic acids is 1. The number of allylic oxidation sites excluding steroid dienone is 1. The van der Waals surface area contributed by atoms with Crippen LogP contribution in [0.25, 0.3) is 16.6 Å². The topological polar surface area (TPSA) is 132 Å². The Bertz CT molecular complexity index is 1360. The second-order valence-electron chi connectivity index (χ2n) is 6.51. The van der Waals surface area contributed by atoms with Crippen molar-refractivity contribution in [3.63, 3.8) is 0 Å². The molecule has 4 N–H and O–H groups in total. The highest BCUT2D eigenvalue weighted by atomic mass is 32.1. The lowest BCUT2D eigenvalue weighted by atomic mass is 10.1. The van der Waals surface area contributed by atoms with Gasteiger partial charge in [0.25, 0.3) is 0 Å². The Labute approximate surface area is 181 Å². The number of aliphatic imine (C=N–C) groups is 1. The number of hydrogen-bond donors (Lipinski definition) is 3. The van der Waals surface area contributed by atoms with E-state index in [1.54, 1.807) is 41.8 Å². The molecule has 31 heavy (non-hydrogen) atoms. The predicted molar refractivity (Wildman–Crippen MR) is 123 cm³/mol. The van der Waals surface area contributed by atoms with Crippen LogP contribution in [0.4, 0.5) is 5.69 Å². The Morgan fingerprint density at radius 1 is 1.16 bits per heavy atom.